The molecule has 3 aromatic heterocycles. The van der Waals surface area contributed by atoms with E-state index in [-0.39, 0.29) is 10.8 Å². The van der Waals surface area contributed by atoms with Gasteiger partial charge in [0, 0.05) is 10.9 Å². The highest BCUT2D eigenvalue weighted by Gasteiger charge is 2.20. The van der Waals surface area contributed by atoms with E-state index in [0.29, 0.717) is 17.3 Å². The van der Waals surface area contributed by atoms with Gasteiger partial charge in [-0.25, -0.2) is 9.97 Å². The van der Waals surface area contributed by atoms with Crippen LogP contribution < -0.4 is 5.56 Å². The Morgan fingerprint density at radius 2 is 1.89 bits per heavy atom. The largest absolute Gasteiger partial charge is 0.316 e. The summed E-state index contributed by atoms with van der Waals surface area (Å²) in [6, 6.07) is 8.47. The highest BCUT2D eigenvalue weighted by molar-refractivity contribution is 7.99. The lowest BCUT2D eigenvalue weighted by Gasteiger charge is -2.15. The fraction of sp³-hybridized carbons (Fsp3) is 0.350. The van der Waals surface area contributed by atoms with Crippen molar-refractivity contribution < 1.29 is 0 Å². The van der Waals surface area contributed by atoms with Gasteiger partial charge in [0.2, 0.25) is 0 Å². The van der Waals surface area contributed by atoms with Gasteiger partial charge in [-0.1, -0.05) is 23.9 Å². The molecule has 0 unspecified atom stereocenters. The molecule has 140 valence electrons. The van der Waals surface area contributed by atoms with Gasteiger partial charge >= 0.3 is 0 Å². The molecule has 5 nitrogen and oxygen atoms in total. The third-order valence-electron chi connectivity index (χ3n) is 4.80. The van der Waals surface area contributed by atoms with E-state index in [2.05, 4.69) is 36.4 Å². The lowest BCUT2D eigenvalue weighted by molar-refractivity contribution is 0.565. The number of nitrogens with one attached hydrogen (secondary N) is 1. The van der Waals surface area contributed by atoms with Crippen LogP contribution in [-0.2, 0) is 0 Å². The molecule has 0 fully saturated rings. The number of hydrogen-bond donors (Lipinski definition) is 1. The number of fused-ring (bicyclic) bond motifs is 2. The number of thiophene rings is 1. The van der Waals surface area contributed by atoms with Crippen LogP contribution >= 0.6 is 23.1 Å². The number of imidazole rings is 1. The first-order valence-corrected chi connectivity index (χ1v) is 10.7. The van der Waals surface area contributed by atoms with Gasteiger partial charge in [-0.05, 0) is 52.3 Å². The monoisotopic (exact) mass is 398 g/mol. The minimum atomic E-state index is -0.0540. The Morgan fingerprint density at radius 3 is 2.63 bits per heavy atom. The van der Waals surface area contributed by atoms with Gasteiger partial charge in [0.15, 0.2) is 5.16 Å². The molecular formula is C20H22N4OS2. The number of para-hydroxylation sites is 2. The van der Waals surface area contributed by atoms with E-state index in [1.165, 1.54) is 0 Å². The second kappa shape index (κ2) is 6.80. The lowest BCUT2D eigenvalue weighted by Crippen LogP contribution is -2.13. The number of hydrogen-bond acceptors (Lipinski definition) is 5. The van der Waals surface area contributed by atoms with Crippen LogP contribution in [0.4, 0.5) is 0 Å². The van der Waals surface area contributed by atoms with Crippen LogP contribution in [0, 0.1) is 13.8 Å². The molecule has 0 amide bonds. The summed E-state index contributed by atoms with van der Waals surface area (Å²) in [5.41, 5.74) is 3.09. The molecule has 27 heavy (non-hydrogen) atoms. The van der Waals surface area contributed by atoms with Crippen LogP contribution in [0.15, 0.2) is 34.2 Å². The summed E-state index contributed by atoms with van der Waals surface area (Å²) in [6.45, 7) is 10.4. The molecule has 7 heteroatoms. The topological polar surface area (TPSA) is 63.6 Å². The molecule has 0 radical (unpaired) electrons. The van der Waals surface area contributed by atoms with Crippen molar-refractivity contribution in [3.05, 3.63) is 50.9 Å². The second-order valence-corrected chi connectivity index (χ2v) is 9.53. The summed E-state index contributed by atoms with van der Waals surface area (Å²) in [4.78, 5) is 27.1. The summed E-state index contributed by atoms with van der Waals surface area (Å²) >= 11 is 3.21. The highest BCUT2D eigenvalue weighted by Crippen LogP contribution is 2.37. The molecule has 4 rings (SSSR count). The van der Waals surface area contributed by atoms with Crippen molar-refractivity contribution in [2.45, 2.75) is 51.1 Å². The Morgan fingerprint density at radius 1 is 1.15 bits per heavy atom. The van der Waals surface area contributed by atoms with E-state index in [0.717, 1.165) is 31.5 Å². The molecule has 0 bridgehead atoms. The van der Waals surface area contributed by atoms with Gasteiger partial charge in [0.05, 0.1) is 21.7 Å². The van der Waals surface area contributed by atoms with Crippen LogP contribution in [0.25, 0.3) is 21.3 Å². The second-order valence-electron chi connectivity index (χ2n) is 7.02. The molecule has 4 aromatic rings. The maximum absolute atomic E-state index is 12.6. The van der Waals surface area contributed by atoms with Gasteiger partial charge in [-0.3, -0.25) is 4.79 Å². The summed E-state index contributed by atoms with van der Waals surface area (Å²) in [7, 11) is 0. The van der Waals surface area contributed by atoms with Crippen LogP contribution in [0.2, 0.25) is 0 Å². The zero-order valence-corrected chi connectivity index (χ0v) is 17.7. The zero-order chi connectivity index (χ0) is 19.3. The third kappa shape index (κ3) is 3.08. The van der Waals surface area contributed by atoms with Crippen LogP contribution in [0.3, 0.4) is 0 Å². The Bertz CT molecular complexity index is 1200. The highest BCUT2D eigenvalue weighted by atomic mass is 32.2. The van der Waals surface area contributed by atoms with Crippen molar-refractivity contribution in [1.29, 1.82) is 0 Å². The van der Waals surface area contributed by atoms with E-state index in [4.69, 9.17) is 9.97 Å². The number of aromatic nitrogens is 4. The fourth-order valence-electron chi connectivity index (χ4n) is 3.28. The van der Waals surface area contributed by atoms with Gasteiger partial charge in [-0.2, -0.15) is 0 Å². The van der Waals surface area contributed by atoms with Crippen molar-refractivity contribution in [2.24, 2.45) is 0 Å². The van der Waals surface area contributed by atoms with Crippen LogP contribution in [-0.4, -0.2) is 19.5 Å². The number of aryl methyl sites for hydroxylation is 2. The van der Waals surface area contributed by atoms with E-state index in [1.54, 1.807) is 23.1 Å². The first kappa shape index (κ1) is 18.3. The van der Waals surface area contributed by atoms with E-state index in [1.807, 2.05) is 32.0 Å². The first-order chi connectivity index (χ1) is 12.9. The van der Waals surface area contributed by atoms with Crippen molar-refractivity contribution in [3.8, 4) is 0 Å². The van der Waals surface area contributed by atoms with Crippen LogP contribution in [0.1, 0.15) is 48.3 Å². The molecule has 0 aliphatic rings. The fourth-order valence-corrected chi connectivity index (χ4v) is 5.43. The predicted octanol–water partition coefficient (Wildman–Crippen LogP) is 5.39. The molecule has 0 aliphatic carbocycles. The molecule has 1 atom stereocenters. The van der Waals surface area contributed by atoms with Gasteiger partial charge in [-0.15, -0.1) is 11.3 Å². The molecule has 0 saturated carbocycles. The maximum Gasteiger partial charge on any atom is 0.259 e. The van der Waals surface area contributed by atoms with E-state index in [9.17, 15) is 4.79 Å². The molecule has 1 aromatic carbocycles. The summed E-state index contributed by atoms with van der Waals surface area (Å²) in [6.07, 6.45) is 0. The minimum absolute atomic E-state index is 0.0147. The van der Waals surface area contributed by atoms with Crippen LogP contribution in [0.5, 0.6) is 0 Å². The number of rotatable bonds is 4. The third-order valence-corrected chi connectivity index (χ3v) is 6.98. The van der Waals surface area contributed by atoms with E-state index >= 15 is 0 Å². The van der Waals surface area contributed by atoms with Gasteiger partial charge in [0.25, 0.3) is 5.56 Å². The molecule has 3 heterocycles. The molecule has 0 saturated heterocycles. The number of thioether (sulfide) groups is 1. The molecular weight excluding hydrogens is 376 g/mol. The Labute approximate surface area is 165 Å². The summed E-state index contributed by atoms with van der Waals surface area (Å²) in [5, 5.41) is 1.65. The lowest BCUT2D eigenvalue weighted by atomic mass is 10.2. The van der Waals surface area contributed by atoms with Crippen molar-refractivity contribution >= 4 is 44.3 Å². The minimum Gasteiger partial charge on any atom is -0.316 e. The number of benzene rings is 1. The van der Waals surface area contributed by atoms with Crippen molar-refractivity contribution in [2.75, 3.05) is 0 Å². The van der Waals surface area contributed by atoms with Crippen molar-refractivity contribution in [3.63, 3.8) is 0 Å². The SMILES string of the molecule is Cc1sc2nc([C@H](C)Sc3nc4ccccc4n3C(C)C)[nH]c(=O)c2c1C. The predicted molar refractivity (Wildman–Crippen MR) is 114 cm³/mol. The quantitative estimate of drug-likeness (QED) is 0.468. The molecule has 0 aliphatic heterocycles. The number of aromatic amines is 1. The Hall–Kier alpha value is -2.12. The standard InChI is InChI=1S/C20H22N4OS2/c1-10(2)24-15-9-7-6-8-14(15)21-20(24)27-13(5)17-22-18(25)16-11(3)12(4)26-19(16)23-17/h6-10,13H,1-5H3,(H,22,23,25)/t13-/m0/s1. The zero-order valence-electron chi connectivity index (χ0n) is 16.0. The maximum atomic E-state index is 12.6. The normalized spacial score (nSPS) is 13.1. The average molecular weight is 399 g/mol. The van der Waals surface area contributed by atoms with E-state index < -0.39 is 0 Å². The average Bonchev–Trinajstić information content (AvgIpc) is 3.12. The number of H-pyrrole nitrogens is 1. The van der Waals surface area contributed by atoms with Gasteiger partial charge in [0.1, 0.15) is 10.7 Å². The van der Waals surface area contributed by atoms with Crippen molar-refractivity contribution in [1.82, 2.24) is 19.5 Å². The Kier molecular flexibility index (Phi) is 4.60. The smallest absolute Gasteiger partial charge is 0.259 e. The summed E-state index contributed by atoms with van der Waals surface area (Å²) in [5.74, 6) is 0.695. The first-order valence-electron chi connectivity index (χ1n) is 9.00. The number of nitrogens with zero attached hydrogens (tertiary/aromatic N) is 3. The molecule has 0 spiro atoms. The molecule has 1 N–H and O–H groups in total. The summed E-state index contributed by atoms with van der Waals surface area (Å²) < 4.78 is 2.24. The Balaban J connectivity index is 1.76. The van der Waals surface area contributed by atoms with Gasteiger partial charge < -0.3 is 9.55 Å².